The zero-order valence-electron chi connectivity index (χ0n) is 11.5. The van der Waals surface area contributed by atoms with Gasteiger partial charge < -0.3 is 4.90 Å². The minimum absolute atomic E-state index is 0.119. The van der Waals surface area contributed by atoms with Crippen LogP contribution < -0.4 is 0 Å². The molecule has 4 nitrogen and oxygen atoms in total. The van der Waals surface area contributed by atoms with Crippen molar-refractivity contribution in [2.24, 2.45) is 0 Å². The van der Waals surface area contributed by atoms with Crippen molar-refractivity contribution in [3.63, 3.8) is 0 Å². The van der Waals surface area contributed by atoms with E-state index in [1.165, 1.54) is 17.8 Å². The van der Waals surface area contributed by atoms with Gasteiger partial charge >= 0.3 is 0 Å². The molecule has 1 aliphatic heterocycles. The van der Waals surface area contributed by atoms with Crippen molar-refractivity contribution >= 4 is 17.2 Å². The first-order valence-corrected chi connectivity index (χ1v) is 7.81. The zero-order valence-corrected chi connectivity index (χ0v) is 12.4. The molecule has 0 aromatic carbocycles. The van der Waals surface area contributed by atoms with Crippen molar-refractivity contribution in [3.05, 3.63) is 52.2 Å². The molecule has 0 aliphatic carbocycles. The Kier molecular flexibility index (Phi) is 4.26. The van der Waals surface area contributed by atoms with Gasteiger partial charge in [-0.25, -0.2) is 4.98 Å². The van der Waals surface area contributed by atoms with E-state index in [2.05, 4.69) is 26.7 Å². The summed E-state index contributed by atoms with van der Waals surface area (Å²) in [6.07, 6.45) is 1.33. The van der Waals surface area contributed by atoms with Gasteiger partial charge in [0.25, 0.3) is 5.91 Å². The number of piperazine rings is 1. The lowest BCUT2D eigenvalue weighted by molar-refractivity contribution is 0.0628. The molecular formula is C15H16FN3OS. The molecule has 6 heteroatoms. The van der Waals surface area contributed by atoms with Gasteiger partial charge in [-0.15, -0.1) is 0 Å². The summed E-state index contributed by atoms with van der Waals surface area (Å²) >= 11 is 1.70. The number of pyridine rings is 1. The number of carbonyl (C=O) groups is 1. The summed E-state index contributed by atoms with van der Waals surface area (Å²) in [6, 6.07) is 4.88. The predicted octanol–water partition coefficient (Wildman–Crippen LogP) is 2.24. The van der Waals surface area contributed by atoms with E-state index in [9.17, 15) is 9.18 Å². The van der Waals surface area contributed by atoms with Crippen molar-refractivity contribution in [2.75, 3.05) is 26.2 Å². The van der Waals surface area contributed by atoms with Gasteiger partial charge in [-0.2, -0.15) is 15.7 Å². The third-order valence-corrected chi connectivity index (χ3v) is 4.35. The summed E-state index contributed by atoms with van der Waals surface area (Å²) in [7, 11) is 0. The molecule has 2 aromatic rings. The molecule has 110 valence electrons. The lowest BCUT2D eigenvalue weighted by Gasteiger charge is -2.34. The van der Waals surface area contributed by atoms with Gasteiger partial charge in [-0.3, -0.25) is 9.69 Å². The number of rotatable bonds is 3. The second-order valence-corrected chi connectivity index (χ2v) is 5.85. The molecule has 0 N–H and O–H groups in total. The van der Waals surface area contributed by atoms with Gasteiger partial charge in [-0.1, -0.05) is 0 Å². The summed E-state index contributed by atoms with van der Waals surface area (Å²) in [5.41, 5.74) is 1.68. The zero-order chi connectivity index (χ0) is 14.7. The quantitative estimate of drug-likeness (QED) is 0.816. The topological polar surface area (TPSA) is 36.4 Å². The largest absolute Gasteiger partial charge is 0.336 e. The molecule has 0 radical (unpaired) electrons. The van der Waals surface area contributed by atoms with Crippen LogP contribution in [-0.2, 0) is 6.54 Å². The van der Waals surface area contributed by atoms with E-state index in [1.54, 1.807) is 22.3 Å². The number of amides is 1. The molecule has 0 atom stereocenters. The number of aromatic nitrogens is 1. The van der Waals surface area contributed by atoms with E-state index in [0.717, 1.165) is 19.6 Å². The monoisotopic (exact) mass is 305 g/mol. The van der Waals surface area contributed by atoms with E-state index in [0.29, 0.717) is 18.7 Å². The van der Waals surface area contributed by atoms with E-state index in [4.69, 9.17) is 0 Å². The van der Waals surface area contributed by atoms with Crippen LogP contribution in [0.1, 0.15) is 15.9 Å². The molecule has 0 unspecified atom stereocenters. The predicted molar refractivity (Wildman–Crippen MR) is 79.7 cm³/mol. The first kappa shape index (κ1) is 14.2. The minimum Gasteiger partial charge on any atom is -0.336 e. The van der Waals surface area contributed by atoms with Crippen LogP contribution in [0.3, 0.4) is 0 Å². The van der Waals surface area contributed by atoms with E-state index < -0.39 is 5.95 Å². The molecular weight excluding hydrogens is 289 g/mol. The molecule has 3 heterocycles. The van der Waals surface area contributed by atoms with Crippen molar-refractivity contribution in [3.8, 4) is 0 Å². The third kappa shape index (κ3) is 3.46. The maximum Gasteiger partial charge on any atom is 0.254 e. The molecule has 0 spiro atoms. The van der Waals surface area contributed by atoms with Crippen molar-refractivity contribution < 1.29 is 9.18 Å². The van der Waals surface area contributed by atoms with Crippen LogP contribution in [0.25, 0.3) is 0 Å². The standard InChI is InChI=1S/C15H16FN3OS/c16-14-9-13(1-3-17-14)15(20)19-6-4-18(5-7-19)10-12-2-8-21-11-12/h1-3,8-9,11H,4-7,10H2. The Morgan fingerprint density at radius 2 is 2.10 bits per heavy atom. The van der Waals surface area contributed by atoms with Crippen LogP contribution in [0.2, 0.25) is 0 Å². The highest BCUT2D eigenvalue weighted by molar-refractivity contribution is 7.07. The summed E-state index contributed by atoms with van der Waals surface area (Å²) in [6.45, 7) is 3.96. The molecule has 1 aliphatic rings. The fraction of sp³-hybridized carbons (Fsp3) is 0.333. The Labute approximate surface area is 126 Å². The maximum atomic E-state index is 13.1. The van der Waals surface area contributed by atoms with Gasteiger partial charge in [0, 0.05) is 50.6 Å². The van der Waals surface area contributed by atoms with Crippen LogP contribution in [0, 0.1) is 5.95 Å². The molecule has 1 fully saturated rings. The number of nitrogens with zero attached hydrogens (tertiary/aromatic N) is 3. The molecule has 1 saturated heterocycles. The highest BCUT2D eigenvalue weighted by Gasteiger charge is 2.22. The molecule has 2 aromatic heterocycles. The average Bonchev–Trinajstić information content (AvgIpc) is 3.00. The molecule has 21 heavy (non-hydrogen) atoms. The maximum absolute atomic E-state index is 13.1. The Balaban J connectivity index is 1.57. The number of hydrogen-bond donors (Lipinski definition) is 0. The Bertz CT molecular complexity index is 609. The SMILES string of the molecule is O=C(c1ccnc(F)c1)N1CCN(Cc2ccsc2)CC1. The number of thiophene rings is 1. The van der Waals surface area contributed by atoms with Crippen LogP contribution in [-0.4, -0.2) is 46.9 Å². The van der Waals surface area contributed by atoms with Crippen LogP contribution in [0.5, 0.6) is 0 Å². The van der Waals surface area contributed by atoms with Crippen LogP contribution in [0.4, 0.5) is 4.39 Å². The van der Waals surface area contributed by atoms with Gasteiger partial charge in [0.05, 0.1) is 0 Å². The van der Waals surface area contributed by atoms with Crippen molar-refractivity contribution in [2.45, 2.75) is 6.54 Å². The molecule has 3 rings (SSSR count). The van der Waals surface area contributed by atoms with Crippen LogP contribution in [0.15, 0.2) is 35.2 Å². The molecule has 0 bridgehead atoms. The molecule has 0 saturated carbocycles. The highest BCUT2D eigenvalue weighted by Crippen LogP contribution is 2.13. The highest BCUT2D eigenvalue weighted by atomic mass is 32.1. The van der Waals surface area contributed by atoms with E-state index in [-0.39, 0.29) is 5.91 Å². The average molecular weight is 305 g/mol. The summed E-state index contributed by atoms with van der Waals surface area (Å²) in [5, 5.41) is 4.23. The number of carbonyl (C=O) groups excluding carboxylic acids is 1. The van der Waals surface area contributed by atoms with Gasteiger partial charge in [0.15, 0.2) is 0 Å². The van der Waals surface area contributed by atoms with E-state index in [1.807, 2.05) is 0 Å². The summed E-state index contributed by atoms with van der Waals surface area (Å²) in [5.74, 6) is -0.733. The first-order chi connectivity index (χ1) is 10.2. The fourth-order valence-electron chi connectivity index (χ4n) is 2.47. The lowest BCUT2D eigenvalue weighted by Crippen LogP contribution is -2.48. The Hall–Kier alpha value is -1.79. The smallest absolute Gasteiger partial charge is 0.254 e. The first-order valence-electron chi connectivity index (χ1n) is 6.86. The third-order valence-electron chi connectivity index (χ3n) is 3.62. The number of hydrogen-bond acceptors (Lipinski definition) is 4. The van der Waals surface area contributed by atoms with E-state index >= 15 is 0 Å². The molecule has 1 amide bonds. The van der Waals surface area contributed by atoms with Gasteiger partial charge in [0.1, 0.15) is 0 Å². The normalized spacial score (nSPS) is 16.1. The lowest BCUT2D eigenvalue weighted by atomic mass is 10.2. The van der Waals surface area contributed by atoms with Gasteiger partial charge in [0.2, 0.25) is 5.95 Å². The minimum atomic E-state index is -0.614. The Morgan fingerprint density at radius 1 is 1.29 bits per heavy atom. The van der Waals surface area contributed by atoms with Crippen molar-refractivity contribution in [1.82, 2.24) is 14.8 Å². The van der Waals surface area contributed by atoms with Crippen LogP contribution >= 0.6 is 11.3 Å². The fourth-order valence-corrected chi connectivity index (χ4v) is 3.13. The van der Waals surface area contributed by atoms with Crippen molar-refractivity contribution in [1.29, 1.82) is 0 Å². The number of halogens is 1. The summed E-state index contributed by atoms with van der Waals surface area (Å²) < 4.78 is 13.1. The summed E-state index contributed by atoms with van der Waals surface area (Å²) in [4.78, 5) is 19.9. The second-order valence-electron chi connectivity index (χ2n) is 5.07. The van der Waals surface area contributed by atoms with Gasteiger partial charge in [-0.05, 0) is 28.5 Å². The Morgan fingerprint density at radius 3 is 2.76 bits per heavy atom. The second kappa shape index (κ2) is 6.32.